The van der Waals surface area contributed by atoms with Gasteiger partial charge in [0.1, 0.15) is 0 Å². The van der Waals surface area contributed by atoms with E-state index in [-0.39, 0.29) is 0 Å². The zero-order valence-corrected chi connectivity index (χ0v) is 16.7. The van der Waals surface area contributed by atoms with Crippen molar-refractivity contribution in [3.63, 3.8) is 0 Å². The van der Waals surface area contributed by atoms with Crippen LogP contribution in [0.4, 0.5) is 5.69 Å². The van der Waals surface area contributed by atoms with Crippen LogP contribution in [-0.2, 0) is 0 Å². The van der Waals surface area contributed by atoms with E-state index in [1.165, 1.54) is 42.4 Å². The molecule has 6 rings (SSSR count). The standard InChI is InChI=1S/C26H20N2S/c27-22-9-4-8-19(26(22)18-6-3-5-17(13-18)23-15-28-23)16-11-12-25-21(14-16)20-7-1-2-10-24(20)29-25/h1-14,23,28H,15,27H2/t23-/m0/s1. The molecule has 1 aliphatic heterocycles. The third-order valence-corrected chi connectivity index (χ3v) is 6.92. The topological polar surface area (TPSA) is 48.0 Å². The second-order valence-electron chi connectivity index (χ2n) is 7.67. The Morgan fingerprint density at radius 2 is 1.59 bits per heavy atom. The minimum Gasteiger partial charge on any atom is -0.398 e. The van der Waals surface area contributed by atoms with Crippen LogP contribution in [0.1, 0.15) is 11.6 Å². The molecule has 4 aromatic carbocycles. The van der Waals surface area contributed by atoms with Crippen molar-refractivity contribution >= 4 is 37.2 Å². The summed E-state index contributed by atoms with van der Waals surface area (Å²) in [5.41, 5.74) is 13.3. The van der Waals surface area contributed by atoms with Crippen molar-refractivity contribution in [3.05, 3.63) is 90.5 Å². The minimum atomic E-state index is 0.483. The van der Waals surface area contributed by atoms with Crippen LogP contribution >= 0.6 is 11.3 Å². The number of hydrogen-bond acceptors (Lipinski definition) is 3. The molecule has 1 aliphatic rings. The van der Waals surface area contributed by atoms with E-state index in [0.29, 0.717) is 6.04 Å². The highest BCUT2D eigenvalue weighted by Crippen LogP contribution is 2.41. The van der Waals surface area contributed by atoms with E-state index < -0.39 is 0 Å². The van der Waals surface area contributed by atoms with Crippen LogP contribution in [-0.4, -0.2) is 6.54 Å². The maximum absolute atomic E-state index is 6.50. The minimum absolute atomic E-state index is 0.483. The number of fused-ring (bicyclic) bond motifs is 3. The van der Waals surface area contributed by atoms with Crippen LogP contribution in [0, 0.1) is 0 Å². The highest BCUT2D eigenvalue weighted by atomic mass is 32.1. The molecule has 0 bridgehead atoms. The number of thiophene rings is 1. The third-order valence-electron chi connectivity index (χ3n) is 5.77. The zero-order valence-electron chi connectivity index (χ0n) is 15.9. The van der Waals surface area contributed by atoms with Crippen LogP contribution < -0.4 is 11.1 Å². The van der Waals surface area contributed by atoms with Gasteiger partial charge in [0.25, 0.3) is 0 Å². The Bertz CT molecular complexity index is 1380. The summed E-state index contributed by atoms with van der Waals surface area (Å²) in [6.07, 6.45) is 0. The Labute approximate surface area is 173 Å². The molecule has 0 radical (unpaired) electrons. The largest absolute Gasteiger partial charge is 0.398 e. The van der Waals surface area contributed by atoms with Gasteiger partial charge in [0.15, 0.2) is 0 Å². The van der Waals surface area contributed by atoms with E-state index >= 15 is 0 Å². The molecule has 5 aromatic rings. The van der Waals surface area contributed by atoms with Crippen molar-refractivity contribution in [2.24, 2.45) is 0 Å². The van der Waals surface area contributed by atoms with Crippen LogP contribution in [0.15, 0.2) is 84.9 Å². The smallest absolute Gasteiger partial charge is 0.0447 e. The molecule has 0 unspecified atom stereocenters. The molecular weight excluding hydrogens is 372 g/mol. The number of anilines is 1. The molecule has 0 amide bonds. The maximum Gasteiger partial charge on any atom is 0.0447 e. The zero-order chi connectivity index (χ0) is 19.4. The lowest BCUT2D eigenvalue weighted by molar-refractivity contribution is 1.08. The van der Waals surface area contributed by atoms with E-state index in [4.69, 9.17) is 5.73 Å². The molecule has 2 nitrogen and oxygen atoms in total. The van der Waals surface area contributed by atoms with Gasteiger partial charge in [-0.1, -0.05) is 54.6 Å². The summed E-state index contributed by atoms with van der Waals surface area (Å²) in [5.74, 6) is 0. The number of rotatable bonds is 3. The quantitative estimate of drug-likeness (QED) is 0.268. The summed E-state index contributed by atoms with van der Waals surface area (Å²) in [4.78, 5) is 0. The molecule has 1 fully saturated rings. The normalized spacial score (nSPS) is 15.8. The summed E-state index contributed by atoms with van der Waals surface area (Å²) < 4.78 is 2.65. The van der Waals surface area contributed by atoms with Gasteiger partial charge in [-0.05, 0) is 52.6 Å². The molecule has 29 heavy (non-hydrogen) atoms. The Balaban J connectivity index is 1.57. The van der Waals surface area contributed by atoms with Gasteiger partial charge in [-0.25, -0.2) is 0 Å². The summed E-state index contributed by atoms with van der Waals surface area (Å²) in [6.45, 7) is 1.06. The summed E-state index contributed by atoms with van der Waals surface area (Å²) >= 11 is 1.85. The molecule has 1 aromatic heterocycles. The molecule has 0 saturated carbocycles. The van der Waals surface area contributed by atoms with Gasteiger partial charge < -0.3 is 11.1 Å². The predicted molar refractivity (Wildman–Crippen MR) is 125 cm³/mol. The van der Waals surface area contributed by atoms with Gasteiger partial charge in [0, 0.05) is 44.0 Å². The predicted octanol–water partition coefficient (Wildman–Crippen LogP) is 6.62. The maximum atomic E-state index is 6.50. The van der Waals surface area contributed by atoms with Gasteiger partial charge >= 0.3 is 0 Å². The van der Waals surface area contributed by atoms with E-state index in [2.05, 4.69) is 84.2 Å². The monoisotopic (exact) mass is 392 g/mol. The SMILES string of the molecule is Nc1cccc(-c2ccc3sc4ccccc4c3c2)c1-c1cccc([C@@H]2CN2)c1. The fraction of sp³-hybridized carbons (Fsp3) is 0.0769. The first-order valence-electron chi connectivity index (χ1n) is 9.92. The second-order valence-corrected chi connectivity index (χ2v) is 8.75. The van der Waals surface area contributed by atoms with Gasteiger partial charge in [-0.2, -0.15) is 0 Å². The Hall–Kier alpha value is -3.14. The average Bonchev–Trinajstić information content (AvgIpc) is 3.54. The van der Waals surface area contributed by atoms with Crippen molar-refractivity contribution < 1.29 is 0 Å². The lowest BCUT2D eigenvalue weighted by atomic mass is 9.91. The molecule has 0 spiro atoms. The number of nitrogens with two attached hydrogens (primary N) is 1. The van der Waals surface area contributed by atoms with Crippen LogP contribution in [0.3, 0.4) is 0 Å². The lowest BCUT2D eigenvalue weighted by Gasteiger charge is -2.14. The Morgan fingerprint density at radius 3 is 2.48 bits per heavy atom. The van der Waals surface area contributed by atoms with Gasteiger partial charge in [-0.15, -0.1) is 11.3 Å². The molecule has 140 valence electrons. The molecule has 1 saturated heterocycles. The highest BCUT2D eigenvalue weighted by Gasteiger charge is 2.23. The van der Waals surface area contributed by atoms with E-state index in [1.807, 2.05) is 17.4 Å². The summed E-state index contributed by atoms with van der Waals surface area (Å²) in [7, 11) is 0. The molecule has 0 aliphatic carbocycles. The Kier molecular flexibility index (Phi) is 3.73. The van der Waals surface area contributed by atoms with E-state index in [9.17, 15) is 0 Å². The fourth-order valence-electron chi connectivity index (χ4n) is 4.23. The molecule has 2 heterocycles. The van der Waals surface area contributed by atoms with Gasteiger partial charge in [-0.3, -0.25) is 0 Å². The summed E-state index contributed by atoms with van der Waals surface area (Å²) in [5, 5.41) is 6.03. The van der Waals surface area contributed by atoms with Crippen molar-refractivity contribution in [1.29, 1.82) is 0 Å². The van der Waals surface area contributed by atoms with Gasteiger partial charge in [0.2, 0.25) is 0 Å². The van der Waals surface area contributed by atoms with Crippen molar-refractivity contribution in [1.82, 2.24) is 5.32 Å². The number of benzene rings is 4. The lowest BCUT2D eigenvalue weighted by Crippen LogP contribution is -1.94. The molecule has 3 heteroatoms. The van der Waals surface area contributed by atoms with E-state index in [1.54, 1.807) is 0 Å². The summed E-state index contributed by atoms with van der Waals surface area (Å²) in [6, 6.07) is 30.9. The van der Waals surface area contributed by atoms with E-state index in [0.717, 1.165) is 17.8 Å². The second kappa shape index (κ2) is 6.45. The highest BCUT2D eigenvalue weighted by molar-refractivity contribution is 7.25. The molecule has 1 atom stereocenters. The average molecular weight is 393 g/mol. The van der Waals surface area contributed by atoms with Crippen LogP contribution in [0.2, 0.25) is 0 Å². The van der Waals surface area contributed by atoms with Crippen LogP contribution in [0.5, 0.6) is 0 Å². The fourth-order valence-corrected chi connectivity index (χ4v) is 5.32. The van der Waals surface area contributed by atoms with Crippen molar-refractivity contribution in [2.75, 3.05) is 12.3 Å². The first kappa shape index (κ1) is 16.8. The molecule has 3 N–H and O–H groups in total. The molecular formula is C26H20N2S. The third kappa shape index (κ3) is 2.82. The van der Waals surface area contributed by atoms with Gasteiger partial charge in [0.05, 0.1) is 0 Å². The Morgan fingerprint density at radius 1 is 0.759 bits per heavy atom. The number of nitrogen functional groups attached to an aromatic ring is 1. The number of nitrogens with one attached hydrogen (secondary N) is 1. The number of hydrogen-bond donors (Lipinski definition) is 2. The first-order chi connectivity index (χ1) is 14.3. The first-order valence-corrected chi connectivity index (χ1v) is 10.7. The van der Waals surface area contributed by atoms with Crippen LogP contribution in [0.25, 0.3) is 42.4 Å². The van der Waals surface area contributed by atoms with Crippen molar-refractivity contribution in [3.8, 4) is 22.3 Å². The van der Waals surface area contributed by atoms with Crippen molar-refractivity contribution in [2.45, 2.75) is 6.04 Å².